The Bertz CT molecular complexity index is 3920. The van der Waals surface area contributed by atoms with E-state index in [0.29, 0.717) is 11.8 Å². The Morgan fingerprint density at radius 3 is 1.00 bits per heavy atom. The molecule has 0 unspecified atom stereocenters. The molecule has 12 aromatic rings. The summed E-state index contributed by atoms with van der Waals surface area (Å²) >= 11 is 0. The molecule has 364 valence electrons. The Kier molecular flexibility index (Phi) is 10.3. The van der Waals surface area contributed by atoms with Crippen LogP contribution in [0.4, 0.5) is 34.1 Å². The van der Waals surface area contributed by atoms with Crippen molar-refractivity contribution in [3.05, 3.63) is 204 Å². The van der Waals surface area contributed by atoms with Crippen molar-refractivity contribution >= 4 is 99.5 Å². The maximum absolute atomic E-state index is 7.00. The fraction of sp³-hybridized carbons (Fsp3) is 0.200. The zero-order chi connectivity index (χ0) is 50.9. The number of hydrogen-bond donors (Lipinski definition) is 0. The van der Waals surface area contributed by atoms with Crippen LogP contribution in [0.3, 0.4) is 0 Å². The van der Waals surface area contributed by atoms with Gasteiger partial charge in [0.25, 0.3) is 0 Å². The lowest BCUT2D eigenvalue weighted by Crippen LogP contribution is -2.11. The van der Waals surface area contributed by atoms with Gasteiger partial charge < -0.3 is 18.6 Å². The van der Waals surface area contributed by atoms with Crippen molar-refractivity contribution in [1.82, 2.24) is 0 Å². The Balaban J connectivity index is 0.913. The van der Waals surface area contributed by atoms with E-state index in [9.17, 15) is 0 Å². The van der Waals surface area contributed by atoms with Crippen molar-refractivity contribution < 1.29 is 8.83 Å². The van der Waals surface area contributed by atoms with E-state index in [1.54, 1.807) is 0 Å². The molecule has 1 aliphatic carbocycles. The second-order valence-electron chi connectivity index (χ2n) is 23.4. The van der Waals surface area contributed by atoms with Gasteiger partial charge in [0.2, 0.25) is 0 Å². The standard InChI is InChI=1S/C70H62N2O2/c1-41(2)43-23-29-49(30-24-43)71(63-21-13-17-55-53-15-11-19-61(69(5,6)7)65(53)73-67(55)63)51-33-27-45-37-57-59(39-47(45)35-51)58-38-46-28-34-52(36-48(46)40-60(57)58)72(50-31-25-44(26-32-50)42(3)4)64-22-14-18-56-54-16-12-20-62(70(8,9)10)66(54)74-68(56)64/h11-42H,1-10H3. The second-order valence-corrected chi connectivity index (χ2v) is 23.4. The monoisotopic (exact) mass is 962 g/mol. The Morgan fingerprint density at radius 1 is 0.324 bits per heavy atom. The molecule has 1 aliphatic rings. The molecule has 2 aromatic heterocycles. The molecule has 4 nitrogen and oxygen atoms in total. The molecule has 4 heteroatoms. The summed E-state index contributed by atoms with van der Waals surface area (Å²) in [6.07, 6.45) is 0. The van der Waals surface area contributed by atoms with Crippen LogP contribution in [-0.4, -0.2) is 0 Å². The van der Waals surface area contributed by atoms with Gasteiger partial charge in [0.15, 0.2) is 11.2 Å². The summed E-state index contributed by atoms with van der Waals surface area (Å²) in [7, 11) is 0. The quantitative estimate of drug-likeness (QED) is 0.152. The van der Waals surface area contributed by atoms with Crippen LogP contribution in [0.5, 0.6) is 0 Å². The number of hydrogen-bond acceptors (Lipinski definition) is 4. The third-order valence-corrected chi connectivity index (χ3v) is 15.8. The van der Waals surface area contributed by atoms with Crippen molar-refractivity contribution in [1.29, 1.82) is 0 Å². The van der Waals surface area contributed by atoms with Crippen molar-refractivity contribution in [2.45, 2.75) is 91.9 Å². The Labute approximate surface area is 434 Å². The predicted octanol–water partition coefficient (Wildman–Crippen LogP) is 21.2. The Morgan fingerprint density at radius 2 is 0.649 bits per heavy atom. The highest BCUT2D eigenvalue weighted by Gasteiger charge is 2.28. The van der Waals surface area contributed by atoms with E-state index in [1.807, 2.05) is 0 Å². The van der Waals surface area contributed by atoms with Gasteiger partial charge in [-0.15, -0.1) is 0 Å². The van der Waals surface area contributed by atoms with E-state index in [1.165, 1.54) is 66.1 Å². The number of anilines is 6. The summed E-state index contributed by atoms with van der Waals surface area (Å²) < 4.78 is 14.0. The molecule has 13 rings (SSSR count). The molecule has 0 saturated heterocycles. The lowest BCUT2D eigenvalue weighted by molar-refractivity contribution is 0.572. The average molecular weight is 963 g/mol. The Hall–Kier alpha value is -8.08. The SMILES string of the molecule is CC(C)c1ccc(N(c2ccc3cc4c(cc3c2)-c2cc3ccc(N(c5ccc(C(C)C)cc5)c5cccc6c5oc5c(C(C)(C)C)cccc56)cc3cc2-4)c2cccc3c2oc2c(C(C)(C)C)cccc23)cc1. The maximum atomic E-state index is 7.00. The topological polar surface area (TPSA) is 32.8 Å². The lowest BCUT2D eigenvalue weighted by Gasteiger charge is -2.29. The molecule has 0 amide bonds. The largest absolute Gasteiger partial charge is 0.454 e. The summed E-state index contributed by atoms with van der Waals surface area (Å²) in [6.45, 7) is 22.6. The van der Waals surface area contributed by atoms with Crippen LogP contribution in [0.1, 0.15) is 103 Å². The van der Waals surface area contributed by atoms with E-state index >= 15 is 0 Å². The van der Waals surface area contributed by atoms with Crippen LogP contribution >= 0.6 is 0 Å². The molecule has 10 aromatic carbocycles. The van der Waals surface area contributed by atoms with Crippen molar-refractivity contribution in [3.8, 4) is 22.3 Å². The molecule has 0 aliphatic heterocycles. The number of benzene rings is 10. The summed E-state index contributed by atoms with van der Waals surface area (Å²) in [5, 5.41) is 9.36. The van der Waals surface area contributed by atoms with E-state index in [2.05, 4.69) is 261 Å². The molecule has 0 saturated carbocycles. The van der Waals surface area contributed by atoms with Crippen molar-refractivity contribution in [3.63, 3.8) is 0 Å². The minimum atomic E-state index is -0.0704. The highest BCUT2D eigenvalue weighted by Crippen LogP contribution is 2.53. The summed E-state index contributed by atoms with van der Waals surface area (Å²) in [5.41, 5.74) is 20.2. The number of furan rings is 2. The number of rotatable bonds is 8. The van der Waals surface area contributed by atoms with Crippen LogP contribution in [0.2, 0.25) is 0 Å². The normalized spacial score (nSPS) is 12.7. The molecule has 74 heavy (non-hydrogen) atoms. The first kappa shape index (κ1) is 45.8. The van der Waals surface area contributed by atoms with Gasteiger partial charge in [-0.3, -0.25) is 0 Å². The third-order valence-electron chi connectivity index (χ3n) is 15.8. The zero-order valence-corrected chi connectivity index (χ0v) is 44.2. The van der Waals surface area contributed by atoms with Crippen molar-refractivity contribution in [2.75, 3.05) is 9.80 Å². The maximum Gasteiger partial charge on any atom is 0.159 e. The highest BCUT2D eigenvalue weighted by atomic mass is 16.3. The van der Waals surface area contributed by atoms with Gasteiger partial charge in [0, 0.05) is 55.4 Å². The molecule has 2 heterocycles. The molecule has 0 radical (unpaired) electrons. The van der Waals surface area contributed by atoms with Gasteiger partial charge in [-0.25, -0.2) is 0 Å². The smallest absolute Gasteiger partial charge is 0.159 e. The first-order chi connectivity index (χ1) is 35.6. The van der Waals surface area contributed by atoms with Gasteiger partial charge >= 0.3 is 0 Å². The van der Waals surface area contributed by atoms with Crippen LogP contribution in [-0.2, 0) is 10.8 Å². The van der Waals surface area contributed by atoms with Crippen LogP contribution < -0.4 is 9.80 Å². The molecular formula is C70H62N2O2. The zero-order valence-electron chi connectivity index (χ0n) is 44.2. The molecular weight excluding hydrogens is 901 g/mol. The molecule has 0 atom stereocenters. The summed E-state index contributed by atoms with van der Waals surface area (Å²) in [4.78, 5) is 4.76. The van der Waals surface area contributed by atoms with E-state index < -0.39 is 0 Å². The van der Waals surface area contributed by atoms with E-state index in [0.717, 1.165) is 78.0 Å². The third kappa shape index (κ3) is 7.32. The van der Waals surface area contributed by atoms with Gasteiger partial charge in [0.1, 0.15) is 11.2 Å². The molecule has 0 fully saturated rings. The molecule has 0 N–H and O–H groups in total. The van der Waals surface area contributed by atoms with Gasteiger partial charge in [-0.05, 0) is 163 Å². The van der Waals surface area contributed by atoms with Gasteiger partial charge in [0.05, 0.1) is 11.4 Å². The fourth-order valence-corrected chi connectivity index (χ4v) is 11.7. The average Bonchev–Trinajstić information content (AvgIpc) is 3.97. The van der Waals surface area contributed by atoms with Gasteiger partial charge in [-0.2, -0.15) is 0 Å². The molecule has 0 bridgehead atoms. The minimum absolute atomic E-state index is 0.0704. The first-order valence-electron chi connectivity index (χ1n) is 26.4. The molecule has 0 spiro atoms. The minimum Gasteiger partial charge on any atom is -0.454 e. The van der Waals surface area contributed by atoms with Crippen LogP contribution in [0.15, 0.2) is 191 Å². The second kappa shape index (κ2) is 16.7. The van der Waals surface area contributed by atoms with E-state index in [-0.39, 0.29) is 10.8 Å². The lowest BCUT2D eigenvalue weighted by atomic mass is 9.78. The number of fused-ring (bicyclic) bond motifs is 12. The van der Waals surface area contributed by atoms with Gasteiger partial charge in [-0.1, -0.05) is 166 Å². The van der Waals surface area contributed by atoms with Crippen molar-refractivity contribution in [2.24, 2.45) is 0 Å². The highest BCUT2D eigenvalue weighted by molar-refractivity contribution is 6.15. The summed E-state index contributed by atoms with van der Waals surface area (Å²) in [6, 6.07) is 67.8. The number of nitrogens with zero attached hydrogens (tertiary/aromatic N) is 2. The van der Waals surface area contributed by atoms with E-state index in [4.69, 9.17) is 8.83 Å². The van der Waals surface area contributed by atoms with Crippen LogP contribution in [0, 0.1) is 0 Å². The first-order valence-corrected chi connectivity index (χ1v) is 26.4. The van der Waals surface area contributed by atoms with Crippen LogP contribution in [0.25, 0.3) is 87.7 Å². The predicted molar refractivity (Wildman–Crippen MR) is 315 cm³/mol. The fourth-order valence-electron chi connectivity index (χ4n) is 11.7. The summed E-state index contributed by atoms with van der Waals surface area (Å²) in [5.74, 6) is 0.864. The number of para-hydroxylation sites is 4.